The van der Waals surface area contributed by atoms with Gasteiger partial charge in [0.15, 0.2) is 0 Å². The van der Waals surface area contributed by atoms with Crippen molar-refractivity contribution in [3.05, 3.63) is 23.8 Å². The Balaban J connectivity index is 2.26. The number of hydrogen-bond donors (Lipinski definition) is 0. The lowest BCUT2D eigenvalue weighted by molar-refractivity contribution is 0.0880. The van der Waals surface area contributed by atoms with E-state index in [1.54, 1.807) is 11.0 Å². The molecule has 1 aromatic heterocycles. The monoisotopic (exact) mass is 163 g/mol. The van der Waals surface area contributed by atoms with E-state index >= 15 is 0 Å². The fourth-order valence-electron chi connectivity index (χ4n) is 0.987. The molecule has 1 aliphatic heterocycles. The Kier molecular flexibility index (Phi) is 1.53. The van der Waals surface area contributed by atoms with Crippen molar-refractivity contribution in [1.82, 2.24) is 14.9 Å². The Morgan fingerprint density at radius 2 is 2.25 bits per heavy atom. The van der Waals surface area contributed by atoms with E-state index in [1.165, 1.54) is 6.33 Å². The number of amides is 1. The molecule has 1 aliphatic rings. The Morgan fingerprint density at radius 1 is 1.50 bits per heavy atom. The topological polar surface area (TPSA) is 45.9 Å². The first-order chi connectivity index (χ1) is 5.77. The molecular formula is C8H9N3O. The molecular weight excluding hydrogens is 154 g/mol. The van der Waals surface area contributed by atoms with E-state index in [2.05, 4.69) is 9.97 Å². The van der Waals surface area contributed by atoms with Crippen LogP contribution < -0.4 is 0 Å². The van der Waals surface area contributed by atoms with Crippen LogP contribution in [0, 0.1) is 6.92 Å². The maximum atomic E-state index is 11.4. The van der Waals surface area contributed by atoms with Crippen LogP contribution in [0.2, 0.25) is 0 Å². The van der Waals surface area contributed by atoms with Crippen LogP contribution in [0.4, 0.5) is 0 Å². The molecule has 4 heteroatoms. The maximum Gasteiger partial charge on any atom is 0.272 e. The summed E-state index contributed by atoms with van der Waals surface area (Å²) in [7, 11) is 0. The van der Waals surface area contributed by atoms with Crippen LogP contribution in [0.3, 0.4) is 0 Å². The highest BCUT2D eigenvalue weighted by atomic mass is 16.2. The Hall–Kier alpha value is -1.45. The van der Waals surface area contributed by atoms with Crippen LogP contribution in [0.1, 0.15) is 16.2 Å². The molecule has 0 bridgehead atoms. The summed E-state index contributed by atoms with van der Waals surface area (Å²) >= 11 is 0. The summed E-state index contributed by atoms with van der Waals surface area (Å²) in [5.74, 6) is 0.0144. The summed E-state index contributed by atoms with van der Waals surface area (Å²) in [6.45, 7) is 3.57. The molecule has 0 atom stereocenters. The minimum Gasteiger partial charge on any atom is -0.334 e. The molecule has 0 aromatic carbocycles. The molecule has 0 unspecified atom stereocenters. The van der Waals surface area contributed by atoms with Crippen molar-refractivity contribution in [3.8, 4) is 0 Å². The van der Waals surface area contributed by atoms with Crippen molar-refractivity contribution >= 4 is 5.91 Å². The standard InChI is InChI=1S/C8H9N3O/c1-6-4-7(10-5-9-6)8(12)11-2-3-11/h4-5H,2-3H2,1H3. The van der Waals surface area contributed by atoms with Gasteiger partial charge in [-0.3, -0.25) is 4.79 Å². The maximum absolute atomic E-state index is 11.4. The molecule has 2 heterocycles. The highest BCUT2D eigenvalue weighted by Crippen LogP contribution is 2.09. The van der Waals surface area contributed by atoms with Gasteiger partial charge in [0.1, 0.15) is 12.0 Å². The smallest absolute Gasteiger partial charge is 0.272 e. The second kappa shape index (κ2) is 2.55. The Bertz CT molecular complexity index is 320. The zero-order chi connectivity index (χ0) is 8.55. The van der Waals surface area contributed by atoms with Crippen LogP contribution in [-0.4, -0.2) is 33.9 Å². The number of hydrogen-bond acceptors (Lipinski definition) is 3. The minimum absolute atomic E-state index is 0.0144. The first kappa shape index (κ1) is 7.21. The van der Waals surface area contributed by atoms with Crippen LogP contribution in [-0.2, 0) is 0 Å². The van der Waals surface area contributed by atoms with Gasteiger partial charge in [-0.2, -0.15) is 0 Å². The lowest BCUT2D eigenvalue weighted by Crippen LogP contribution is -2.12. The molecule has 0 aliphatic carbocycles. The summed E-state index contributed by atoms with van der Waals surface area (Å²) < 4.78 is 0. The lowest BCUT2D eigenvalue weighted by Gasteiger charge is -1.99. The number of aromatic nitrogens is 2. The van der Waals surface area contributed by atoms with Gasteiger partial charge in [-0.05, 0) is 13.0 Å². The molecule has 0 spiro atoms. The number of rotatable bonds is 1. The molecule has 4 nitrogen and oxygen atoms in total. The average Bonchev–Trinajstić information content (AvgIpc) is 2.85. The first-order valence-electron chi connectivity index (χ1n) is 3.85. The van der Waals surface area contributed by atoms with Crippen LogP contribution >= 0.6 is 0 Å². The molecule has 1 fully saturated rings. The number of aryl methyl sites for hydroxylation is 1. The zero-order valence-electron chi connectivity index (χ0n) is 6.82. The van der Waals surface area contributed by atoms with E-state index in [0.717, 1.165) is 18.8 Å². The van der Waals surface area contributed by atoms with Crippen molar-refractivity contribution in [2.75, 3.05) is 13.1 Å². The van der Waals surface area contributed by atoms with E-state index in [-0.39, 0.29) is 5.91 Å². The van der Waals surface area contributed by atoms with Gasteiger partial charge < -0.3 is 4.90 Å². The zero-order valence-corrected chi connectivity index (χ0v) is 6.82. The van der Waals surface area contributed by atoms with E-state index in [1.807, 2.05) is 6.92 Å². The molecule has 0 N–H and O–H groups in total. The van der Waals surface area contributed by atoms with Gasteiger partial charge in [0, 0.05) is 18.8 Å². The Labute approximate surface area is 70.2 Å². The number of carbonyl (C=O) groups excluding carboxylic acids is 1. The molecule has 1 amide bonds. The van der Waals surface area contributed by atoms with Gasteiger partial charge in [-0.15, -0.1) is 0 Å². The van der Waals surface area contributed by atoms with Crippen LogP contribution in [0.15, 0.2) is 12.4 Å². The highest BCUT2D eigenvalue weighted by molar-refractivity contribution is 5.93. The minimum atomic E-state index is 0.0144. The lowest BCUT2D eigenvalue weighted by atomic mass is 10.3. The third-order valence-corrected chi connectivity index (χ3v) is 1.76. The molecule has 1 saturated heterocycles. The molecule has 1 aromatic rings. The predicted octanol–water partition coefficient (Wildman–Crippen LogP) is 0.241. The van der Waals surface area contributed by atoms with Crippen molar-refractivity contribution in [2.45, 2.75) is 6.92 Å². The molecule has 2 rings (SSSR count). The van der Waals surface area contributed by atoms with Crippen LogP contribution in [0.25, 0.3) is 0 Å². The molecule has 62 valence electrons. The molecule has 12 heavy (non-hydrogen) atoms. The first-order valence-corrected chi connectivity index (χ1v) is 3.85. The van der Waals surface area contributed by atoms with E-state index < -0.39 is 0 Å². The summed E-state index contributed by atoms with van der Waals surface area (Å²) in [5, 5.41) is 0. The second-order valence-electron chi connectivity index (χ2n) is 2.84. The van der Waals surface area contributed by atoms with E-state index in [9.17, 15) is 4.79 Å². The fourth-order valence-corrected chi connectivity index (χ4v) is 0.987. The second-order valence-corrected chi connectivity index (χ2v) is 2.84. The van der Waals surface area contributed by atoms with Crippen molar-refractivity contribution in [3.63, 3.8) is 0 Å². The summed E-state index contributed by atoms with van der Waals surface area (Å²) in [5.41, 5.74) is 1.33. The van der Waals surface area contributed by atoms with Crippen LogP contribution in [0.5, 0.6) is 0 Å². The summed E-state index contributed by atoms with van der Waals surface area (Å²) in [4.78, 5) is 21.0. The largest absolute Gasteiger partial charge is 0.334 e. The highest BCUT2D eigenvalue weighted by Gasteiger charge is 2.26. The van der Waals surface area contributed by atoms with Gasteiger partial charge in [0.25, 0.3) is 5.91 Å². The average molecular weight is 163 g/mol. The third-order valence-electron chi connectivity index (χ3n) is 1.76. The van der Waals surface area contributed by atoms with E-state index in [0.29, 0.717) is 5.69 Å². The summed E-state index contributed by atoms with van der Waals surface area (Å²) in [6.07, 6.45) is 1.42. The molecule has 0 saturated carbocycles. The van der Waals surface area contributed by atoms with Gasteiger partial charge in [0.05, 0.1) is 0 Å². The van der Waals surface area contributed by atoms with Gasteiger partial charge >= 0.3 is 0 Å². The Morgan fingerprint density at radius 3 is 2.83 bits per heavy atom. The van der Waals surface area contributed by atoms with Gasteiger partial charge in [0.2, 0.25) is 0 Å². The van der Waals surface area contributed by atoms with Crippen molar-refractivity contribution < 1.29 is 4.79 Å². The molecule has 0 radical (unpaired) electrons. The predicted molar refractivity (Wildman–Crippen MR) is 42.7 cm³/mol. The van der Waals surface area contributed by atoms with Crippen molar-refractivity contribution in [2.24, 2.45) is 0 Å². The summed E-state index contributed by atoms with van der Waals surface area (Å²) in [6, 6.07) is 1.71. The normalized spacial score (nSPS) is 14.6. The fraction of sp³-hybridized carbons (Fsp3) is 0.375. The SMILES string of the molecule is Cc1cc(C(=O)N2CC2)ncn1. The number of carbonyl (C=O) groups is 1. The third kappa shape index (κ3) is 1.28. The van der Waals surface area contributed by atoms with E-state index in [4.69, 9.17) is 0 Å². The van der Waals surface area contributed by atoms with Gasteiger partial charge in [-0.1, -0.05) is 0 Å². The number of nitrogens with zero attached hydrogens (tertiary/aromatic N) is 3. The van der Waals surface area contributed by atoms with Gasteiger partial charge in [-0.25, -0.2) is 9.97 Å². The quantitative estimate of drug-likeness (QED) is 0.557. The van der Waals surface area contributed by atoms with Crippen molar-refractivity contribution in [1.29, 1.82) is 0 Å².